The predicted octanol–water partition coefficient (Wildman–Crippen LogP) is 3.17. The van der Waals surface area contributed by atoms with Gasteiger partial charge in [0.05, 0.1) is 16.9 Å². The number of nitrogens with zero attached hydrogens (tertiary/aromatic N) is 4. The Bertz CT molecular complexity index is 1460. The van der Waals surface area contributed by atoms with Gasteiger partial charge in [-0.15, -0.1) is 0 Å². The van der Waals surface area contributed by atoms with E-state index in [-0.39, 0.29) is 23.9 Å². The minimum absolute atomic E-state index is 0.0622. The van der Waals surface area contributed by atoms with Crippen LogP contribution in [0.2, 0.25) is 0 Å². The summed E-state index contributed by atoms with van der Waals surface area (Å²) in [4.78, 5) is 32.7. The summed E-state index contributed by atoms with van der Waals surface area (Å²) in [6.45, 7) is 1.64. The molecule has 0 bridgehead atoms. The molecule has 0 spiro atoms. The summed E-state index contributed by atoms with van der Waals surface area (Å²) in [6, 6.07) is 14.6. The van der Waals surface area contributed by atoms with Gasteiger partial charge in [0.2, 0.25) is 0 Å². The molecular formula is C26H23N7O2. The van der Waals surface area contributed by atoms with Crippen LogP contribution >= 0.6 is 0 Å². The number of rotatable bonds is 5. The number of carbonyl (C=O) groups is 2. The zero-order valence-electron chi connectivity index (χ0n) is 19.0. The van der Waals surface area contributed by atoms with E-state index in [0.717, 1.165) is 29.3 Å². The normalized spacial score (nSPS) is 16.6. The van der Waals surface area contributed by atoms with Gasteiger partial charge in [0.25, 0.3) is 11.8 Å². The minimum Gasteiger partial charge on any atom is -0.383 e. The number of hydrogen-bond acceptors (Lipinski definition) is 6. The smallest absolute Gasteiger partial charge is 0.296 e. The largest absolute Gasteiger partial charge is 0.383 e. The molecule has 4 aromatic rings. The molecule has 4 N–H and O–H groups in total. The van der Waals surface area contributed by atoms with Crippen molar-refractivity contribution in [2.24, 2.45) is 0 Å². The number of nitrogens with two attached hydrogens (primary N) is 1. The van der Waals surface area contributed by atoms with Gasteiger partial charge in [0, 0.05) is 29.6 Å². The molecule has 1 fully saturated rings. The molecule has 2 amide bonds. The lowest BCUT2D eigenvalue weighted by molar-refractivity contribution is -0.117. The van der Waals surface area contributed by atoms with Gasteiger partial charge in [-0.1, -0.05) is 24.1 Å². The Kier molecular flexibility index (Phi) is 5.85. The fourth-order valence-corrected chi connectivity index (χ4v) is 4.24. The van der Waals surface area contributed by atoms with E-state index in [2.05, 4.69) is 32.4 Å². The molecular weight excluding hydrogens is 442 g/mol. The lowest BCUT2D eigenvalue weighted by Crippen LogP contribution is -2.44. The average Bonchev–Trinajstić information content (AvgIpc) is 3.22. The molecule has 1 aliphatic rings. The van der Waals surface area contributed by atoms with Crippen molar-refractivity contribution in [3.05, 3.63) is 66.5 Å². The maximum absolute atomic E-state index is 12.6. The van der Waals surface area contributed by atoms with Crippen molar-refractivity contribution in [3.8, 4) is 23.1 Å². The van der Waals surface area contributed by atoms with E-state index in [0.29, 0.717) is 22.9 Å². The van der Waals surface area contributed by atoms with Gasteiger partial charge in [0.1, 0.15) is 17.3 Å². The Morgan fingerprint density at radius 1 is 1.06 bits per heavy atom. The molecule has 9 nitrogen and oxygen atoms in total. The highest BCUT2D eigenvalue weighted by Gasteiger charge is 2.34. The van der Waals surface area contributed by atoms with Crippen LogP contribution in [0.25, 0.3) is 22.2 Å². The highest BCUT2D eigenvalue weighted by atomic mass is 16.2. The highest BCUT2D eigenvalue weighted by molar-refractivity contribution is 6.05. The molecule has 3 heterocycles. The van der Waals surface area contributed by atoms with Gasteiger partial charge in [-0.3, -0.25) is 14.3 Å². The van der Waals surface area contributed by atoms with Gasteiger partial charge in [-0.25, -0.2) is 9.97 Å². The van der Waals surface area contributed by atoms with E-state index in [4.69, 9.17) is 10.8 Å². The van der Waals surface area contributed by atoms with Gasteiger partial charge >= 0.3 is 0 Å². The summed E-state index contributed by atoms with van der Waals surface area (Å²) >= 11 is 0. The number of amides is 2. The lowest BCUT2D eigenvalue weighted by Gasteiger charge is -2.35. The summed E-state index contributed by atoms with van der Waals surface area (Å²) in [6.07, 6.45) is 4.79. The van der Waals surface area contributed by atoms with E-state index in [1.165, 1.54) is 0 Å². The van der Waals surface area contributed by atoms with Gasteiger partial charge in [-0.05, 0) is 56.0 Å². The van der Waals surface area contributed by atoms with E-state index >= 15 is 0 Å². The summed E-state index contributed by atoms with van der Waals surface area (Å²) in [5.41, 5.74) is 9.16. The number of carbonyl (C=O) groups excluding carboxylic acids is 2. The minimum atomic E-state index is -0.262. The molecule has 0 aliphatic heterocycles. The van der Waals surface area contributed by atoms with Crippen LogP contribution in [-0.2, 0) is 4.79 Å². The second kappa shape index (κ2) is 9.27. The van der Waals surface area contributed by atoms with E-state index in [9.17, 15) is 9.59 Å². The first-order chi connectivity index (χ1) is 17.0. The Morgan fingerprint density at radius 2 is 1.86 bits per heavy atom. The second-order valence-electron chi connectivity index (χ2n) is 8.30. The Balaban J connectivity index is 1.39. The zero-order chi connectivity index (χ0) is 24.4. The molecule has 0 saturated heterocycles. The average molecular weight is 466 g/mol. The van der Waals surface area contributed by atoms with Gasteiger partial charge in [0.15, 0.2) is 0 Å². The third kappa shape index (κ3) is 4.42. The molecule has 0 unspecified atom stereocenters. The van der Waals surface area contributed by atoms with Gasteiger partial charge in [-0.2, -0.15) is 5.10 Å². The molecule has 3 aromatic heterocycles. The van der Waals surface area contributed by atoms with Crippen molar-refractivity contribution in [1.29, 1.82) is 0 Å². The molecule has 5 rings (SSSR count). The maximum Gasteiger partial charge on any atom is 0.296 e. The van der Waals surface area contributed by atoms with E-state index in [1.807, 2.05) is 28.9 Å². The number of pyridine rings is 2. The molecule has 1 saturated carbocycles. The number of fused-ring (bicyclic) bond motifs is 1. The molecule has 0 radical (unpaired) electrons. The summed E-state index contributed by atoms with van der Waals surface area (Å²) in [5, 5.41) is 11.3. The van der Waals surface area contributed by atoms with Crippen LogP contribution in [0.15, 0.2) is 60.9 Å². The number of hydrogen-bond donors (Lipinski definition) is 3. The van der Waals surface area contributed by atoms with Crippen LogP contribution in [0.4, 0.5) is 11.6 Å². The number of anilines is 2. The fourth-order valence-electron chi connectivity index (χ4n) is 4.24. The Labute approximate surface area is 201 Å². The first kappa shape index (κ1) is 22.1. The van der Waals surface area contributed by atoms with Crippen molar-refractivity contribution in [3.63, 3.8) is 0 Å². The monoisotopic (exact) mass is 465 g/mol. The molecule has 0 atom stereocenters. The first-order valence-electron chi connectivity index (χ1n) is 11.2. The molecule has 174 valence electrons. The van der Waals surface area contributed by atoms with E-state index < -0.39 is 0 Å². The summed E-state index contributed by atoms with van der Waals surface area (Å²) < 4.78 is 1.96. The van der Waals surface area contributed by atoms with Crippen LogP contribution < -0.4 is 16.4 Å². The topological polar surface area (TPSA) is 128 Å². The maximum atomic E-state index is 12.6. The molecule has 35 heavy (non-hydrogen) atoms. The molecule has 1 aliphatic carbocycles. The predicted molar refractivity (Wildman–Crippen MR) is 133 cm³/mol. The quantitative estimate of drug-likeness (QED) is 0.389. The number of nitrogens with one attached hydrogen (secondary N) is 2. The van der Waals surface area contributed by atoms with Crippen LogP contribution in [0, 0.1) is 11.8 Å². The van der Waals surface area contributed by atoms with Crippen molar-refractivity contribution in [1.82, 2.24) is 25.1 Å². The van der Waals surface area contributed by atoms with E-state index in [1.54, 1.807) is 43.6 Å². The molecule has 9 heteroatoms. The standard InChI is InChI=1S/C26H23N7O2/c1-2-5-22(34)30-18-14-19(15-18)33-20-11-13-29-25(27)23(20)24(32-33)16-7-9-17(10-8-16)26(35)31-21-6-3-4-12-28-21/h3-4,6-13,18-19H,14-15H2,1H3,(H2,27,29)(H,30,34)(H,28,31,35)/t18-,19+. The number of aromatic nitrogens is 4. The highest BCUT2D eigenvalue weighted by Crippen LogP contribution is 2.38. The van der Waals surface area contributed by atoms with Crippen LogP contribution in [0.1, 0.15) is 36.2 Å². The van der Waals surface area contributed by atoms with Crippen LogP contribution in [0.5, 0.6) is 0 Å². The van der Waals surface area contributed by atoms with Crippen LogP contribution in [-0.4, -0.2) is 37.6 Å². The lowest BCUT2D eigenvalue weighted by atomic mass is 9.86. The fraction of sp³-hybridized carbons (Fsp3) is 0.192. The SMILES string of the molecule is CC#CC(=O)N[C@H]1C[C@@H](n2nc(-c3ccc(C(=O)Nc4ccccn4)cc3)c3c(N)nccc32)C1. The number of benzene rings is 1. The summed E-state index contributed by atoms with van der Waals surface area (Å²) in [7, 11) is 0. The van der Waals surface area contributed by atoms with Crippen molar-refractivity contribution in [2.45, 2.75) is 31.8 Å². The summed E-state index contributed by atoms with van der Waals surface area (Å²) in [5.74, 6) is 5.49. The third-order valence-electron chi connectivity index (χ3n) is 6.01. The molecule has 1 aromatic carbocycles. The van der Waals surface area contributed by atoms with Gasteiger partial charge < -0.3 is 16.4 Å². The number of nitrogen functional groups attached to an aromatic ring is 1. The van der Waals surface area contributed by atoms with Crippen molar-refractivity contribution >= 4 is 34.4 Å². The second-order valence-corrected chi connectivity index (χ2v) is 8.30. The Hall–Kier alpha value is -4.71. The van der Waals surface area contributed by atoms with Crippen molar-refractivity contribution < 1.29 is 9.59 Å². The Morgan fingerprint density at radius 3 is 2.57 bits per heavy atom. The zero-order valence-corrected chi connectivity index (χ0v) is 19.0. The van der Waals surface area contributed by atoms with Crippen LogP contribution in [0.3, 0.4) is 0 Å². The first-order valence-corrected chi connectivity index (χ1v) is 11.2. The van der Waals surface area contributed by atoms with Crippen molar-refractivity contribution in [2.75, 3.05) is 11.1 Å². The third-order valence-corrected chi connectivity index (χ3v) is 6.01.